The lowest BCUT2D eigenvalue weighted by molar-refractivity contribution is 0.0693. The van der Waals surface area contributed by atoms with Gasteiger partial charge in [0, 0.05) is 24.2 Å². The van der Waals surface area contributed by atoms with Crippen molar-refractivity contribution in [1.29, 1.82) is 0 Å². The van der Waals surface area contributed by atoms with Crippen LogP contribution in [0.2, 0.25) is 0 Å². The highest BCUT2D eigenvalue weighted by Crippen LogP contribution is 2.41. The van der Waals surface area contributed by atoms with E-state index in [0.717, 1.165) is 39.2 Å². The van der Waals surface area contributed by atoms with Gasteiger partial charge in [-0.05, 0) is 69.8 Å². The Hall–Kier alpha value is -5.74. The van der Waals surface area contributed by atoms with E-state index in [9.17, 15) is 10.2 Å². The van der Waals surface area contributed by atoms with Gasteiger partial charge in [-0.2, -0.15) is 0 Å². The number of phenolic OH excluding ortho intramolecular Hbond substituents is 2. The third-order valence-electron chi connectivity index (χ3n) is 9.49. The molecule has 0 saturated carbocycles. The molecular weight excluding hydrogens is 695 g/mol. The maximum Gasteiger partial charge on any atom is 0.161 e. The van der Waals surface area contributed by atoms with Gasteiger partial charge < -0.3 is 44.0 Å². The molecule has 9 heteroatoms. The van der Waals surface area contributed by atoms with E-state index in [2.05, 4.69) is 24.0 Å². The number of aromatic hydroxyl groups is 2. The molecule has 0 unspecified atom stereocenters. The molecule has 3 N–H and O–H groups in total. The maximum atomic E-state index is 11.5. The smallest absolute Gasteiger partial charge is 0.161 e. The standard InChI is InChI=1S/C46H47NO8/c1-32-25-39-37-13-7-5-11-35(37)28-43(45(39)48)54-23-19-50-17-21-52-41-16-15-34(31-47-30-33-9-3-2-4-10-33)27-42(41)53-22-18-51-20-24-55-44-29-36-12-6-8-14-38(36)40(26-32)46(44)49/h2-16,27-29,47-49H,1,17-26,30-31H2. The molecule has 7 rings (SSSR count). The summed E-state index contributed by atoms with van der Waals surface area (Å²) in [5.41, 5.74) is 4.50. The lowest BCUT2D eigenvalue weighted by Gasteiger charge is -2.18. The van der Waals surface area contributed by atoms with Gasteiger partial charge in [0.1, 0.15) is 26.4 Å². The molecule has 1 aliphatic rings. The van der Waals surface area contributed by atoms with Crippen molar-refractivity contribution in [2.75, 3.05) is 52.9 Å². The predicted molar refractivity (Wildman–Crippen MR) is 215 cm³/mol. The van der Waals surface area contributed by atoms with Crippen molar-refractivity contribution in [2.24, 2.45) is 0 Å². The van der Waals surface area contributed by atoms with Crippen molar-refractivity contribution in [1.82, 2.24) is 5.32 Å². The van der Waals surface area contributed by atoms with Crippen molar-refractivity contribution < 1.29 is 38.6 Å². The van der Waals surface area contributed by atoms with Crippen LogP contribution in [0.3, 0.4) is 0 Å². The highest BCUT2D eigenvalue weighted by Gasteiger charge is 2.19. The summed E-state index contributed by atoms with van der Waals surface area (Å²) in [6.07, 6.45) is 0.748. The molecule has 0 fully saturated rings. The fourth-order valence-corrected chi connectivity index (χ4v) is 6.80. The average molecular weight is 742 g/mol. The van der Waals surface area contributed by atoms with Gasteiger partial charge in [-0.1, -0.05) is 97.1 Å². The highest BCUT2D eigenvalue weighted by atomic mass is 16.6. The highest BCUT2D eigenvalue weighted by molar-refractivity contribution is 5.91. The third-order valence-corrected chi connectivity index (χ3v) is 9.49. The van der Waals surface area contributed by atoms with Crippen molar-refractivity contribution in [3.63, 3.8) is 0 Å². The van der Waals surface area contributed by atoms with Crippen LogP contribution in [0.5, 0.6) is 34.5 Å². The van der Waals surface area contributed by atoms with Crippen LogP contribution in [0, 0.1) is 0 Å². The minimum atomic E-state index is 0.0607. The lowest BCUT2D eigenvalue weighted by Crippen LogP contribution is -2.15. The van der Waals surface area contributed by atoms with Gasteiger partial charge in [-0.15, -0.1) is 0 Å². The van der Waals surface area contributed by atoms with Crippen LogP contribution in [0.1, 0.15) is 22.3 Å². The molecule has 55 heavy (non-hydrogen) atoms. The molecule has 9 nitrogen and oxygen atoms in total. The molecule has 0 spiro atoms. The summed E-state index contributed by atoms with van der Waals surface area (Å²) >= 11 is 0. The van der Waals surface area contributed by atoms with Gasteiger partial charge in [0.15, 0.2) is 34.5 Å². The summed E-state index contributed by atoms with van der Waals surface area (Å²) in [7, 11) is 0. The Morgan fingerprint density at radius 1 is 0.473 bits per heavy atom. The summed E-state index contributed by atoms with van der Waals surface area (Å²) in [6, 6.07) is 35.7. The van der Waals surface area contributed by atoms with Gasteiger partial charge in [0.25, 0.3) is 0 Å². The van der Waals surface area contributed by atoms with Crippen LogP contribution in [0.15, 0.2) is 121 Å². The maximum absolute atomic E-state index is 11.5. The zero-order chi connectivity index (χ0) is 37.8. The summed E-state index contributed by atoms with van der Waals surface area (Å²) in [6.45, 7) is 8.15. The Morgan fingerprint density at radius 2 is 0.945 bits per heavy atom. The Morgan fingerprint density at radius 3 is 1.51 bits per heavy atom. The molecule has 0 radical (unpaired) electrons. The van der Waals surface area contributed by atoms with E-state index in [0.29, 0.717) is 93.2 Å². The number of allylic oxidation sites excluding steroid dienone is 1. The van der Waals surface area contributed by atoms with Crippen LogP contribution in [-0.4, -0.2) is 63.1 Å². The summed E-state index contributed by atoms with van der Waals surface area (Å²) in [5.74, 6) is 2.09. The molecule has 0 atom stereocenters. The number of benzene rings is 6. The van der Waals surface area contributed by atoms with Crippen LogP contribution in [-0.2, 0) is 35.4 Å². The van der Waals surface area contributed by atoms with Crippen molar-refractivity contribution in [3.05, 3.63) is 144 Å². The molecule has 0 aromatic heterocycles. The van der Waals surface area contributed by atoms with E-state index in [-0.39, 0.29) is 24.7 Å². The van der Waals surface area contributed by atoms with E-state index in [1.54, 1.807) is 0 Å². The zero-order valence-electron chi connectivity index (χ0n) is 30.9. The van der Waals surface area contributed by atoms with Crippen LogP contribution in [0.25, 0.3) is 21.5 Å². The van der Waals surface area contributed by atoms with E-state index in [4.69, 9.17) is 28.4 Å². The number of phenols is 2. The van der Waals surface area contributed by atoms with Crippen LogP contribution < -0.4 is 24.3 Å². The monoisotopic (exact) mass is 741 g/mol. The first-order chi connectivity index (χ1) is 27.0. The van der Waals surface area contributed by atoms with Gasteiger partial charge in [-0.25, -0.2) is 0 Å². The minimum absolute atomic E-state index is 0.0607. The van der Waals surface area contributed by atoms with Crippen LogP contribution >= 0.6 is 0 Å². The summed E-state index contributed by atoms with van der Waals surface area (Å²) in [5, 5.41) is 30.2. The lowest BCUT2D eigenvalue weighted by atomic mass is 9.92. The topological polar surface area (TPSA) is 108 Å². The number of hydrogen-bond acceptors (Lipinski definition) is 9. The molecule has 4 bridgehead atoms. The first-order valence-corrected chi connectivity index (χ1v) is 18.7. The second kappa shape index (κ2) is 18.5. The van der Waals surface area contributed by atoms with Gasteiger partial charge >= 0.3 is 0 Å². The second-order valence-electron chi connectivity index (χ2n) is 13.4. The first kappa shape index (κ1) is 37.6. The normalized spacial score (nSPS) is 15.0. The molecule has 0 saturated heterocycles. The second-order valence-corrected chi connectivity index (χ2v) is 13.4. The predicted octanol–water partition coefficient (Wildman–Crippen LogP) is 8.30. The Bertz CT molecular complexity index is 2220. The molecule has 1 aliphatic heterocycles. The van der Waals surface area contributed by atoms with E-state index in [1.165, 1.54) is 5.56 Å². The van der Waals surface area contributed by atoms with Crippen molar-refractivity contribution in [3.8, 4) is 34.5 Å². The summed E-state index contributed by atoms with van der Waals surface area (Å²) < 4.78 is 36.1. The fourth-order valence-electron chi connectivity index (χ4n) is 6.80. The average Bonchev–Trinajstić information content (AvgIpc) is 3.20. The molecule has 0 amide bonds. The molecule has 0 aliphatic carbocycles. The number of rotatable bonds is 4. The largest absolute Gasteiger partial charge is 0.504 e. The van der Waals surface area contributed by atoms with Crippen LogP contribution in [0.4, 0.5) is 0 Å². The fraction of sp³-hybridized carbons (Fsp3) is 0.261. The molecular formula is C46H47NO8. The van der Waals surface area contributed by atoms with Crippen molar-refractivity contribution in [2.45, 2.75) is 25.9 Å². The number of ether oxygens (including phenoxy) is 6. The molecule has 6 aromatic carbocycles. The molecule has 284 valence electrons. The third kappa shape index (κ3) is 9.69. The van der Waals surface area contributed by atoms with Gasteiger partial charge in [0.05, 0.1) is 26.4 Å². The Kier molecular flexibility index (Phi) is 12.7. The Labute approximate surface area is 321 Å². The minimum Gasteiger partial charge on any atom is -0.504 e. The van der Waals surface area contributed by atoms with E-state index in [1.807, 2.05) is 97.1 Å². The Balaban J connectivity index is 1.09. The number of nitrogens with one attached hydrogen (secondary N) is 1. The zero-order valence-corrected chi connectivity index (χ0v) is 30.9. The summed E-state index contributed by atoms with van der Waals surface area (Å²) in [4.78, 5) is 0. The molecule has 6 aromatic rings. The number of hydrogen-bond donors (Lipinski definition) is 3. The quantitative estimate of drug-likeness (QED) is 0.154. The van der Waals surface area contributed by atoms with Crippen molar-refractivity contribution >= 4 is 21.5 Å². The SMILES string of the molecule is C=C1Cc2c(O)c(cc3ccccc23)OCCOCCOc2ccc(CNCc3ccccc3)cc2OCCOCCOc2cc3ccccc3c(c2O)C1. The molecule has 1 heterocycles. The number of fused-ring (bicyclic) bond motifs is 9. The van der Waals surface area contributed by atoms with Gasteiger partial charge in [0.2, 0.25) is 0 Å². The first-order valence-electron chi connectivity index (χ1n) is 18.7. The van der Waals surface area contributed by atoms with Gasteiger partial charge in [-0.3, -0.25) is 0 Å². The van der Waals surface area contributed by atoms with E-state index >= 15 is 0 Å². The van der Waals surface area contributed by atoms with E-state index < -0.39 is 0 Å².